The second kappa shape index (κ2) is 9.62. The van der Waals surface area contributed by atoms with Gasteiger partial charge in [0.15, 0.2) is 11.5 Å². The average Bonchev–Trinajstić information content (AvgIpc) is 3.24. The van der Waals surface area contributed by atoms with E-state index in [2.05, 4.69) is 11.1 Å². The Morgan fingerprint density at radius 2 is 1.91 bits per heavy atom. The average molecular weight is 478 g/mol. The summed E-state index contributed by atoms with van der Waals surface area (Å²) in [5.41, 5.74) is 3.90. The van der Waals surface area contributed by atoms with Crippen LogP contribution in [0.3, 0.4) is 0 Å². The van der Waals surface area contributed by atoms with E-state index in [1.54, 1.807) is 24.0 Å². The summed E-state index contributed by atoms with van der Waals surface area (Å²) in [4.78, 5) is 34.2. The number of ether oxygens (including phenoxy) is 3. The van der Waals surface area contributed by atoms with Crippen LogP contribution in [-0.2, 0) is 20.7 Å². The Balaban J connectivity index is 1.62. The van der Waals surface area contributed by atoms with Crippen LogP contribution in [0.5, 0.6) is 11.5 Å². The van der Waals surface area contributed by atoms with Crippen LogP contribution in [0.1, 0.15) is 36.2 Å². The van der Waals surface area contributed by atoms with Gasteiger partial charge in [0.1, 0.15) is 6.04 Å². The molecule has 2 aliphatic rings. The standard InChI is InChI=1S/C27H31N3O5/c1-4-35-22-11-10-17(14-23(22)34-3)26-25-19(18-8-5-6-9-20(18)28-25)15-21-27(32)29(12-7-13-33-2)16-24(31)30(21)26/h5-6,8-11,14,21,26,28H,4,7,12-13,15-16H2,1-3H3/t21-,26?/m0/s1. The molecule has 8 nitrogen and oxygen atoms in total. The molecule has 2 atom stereocenters. The van der Waals surface area contributed by atoms with E-state index in [4.69, 9.17) is 14.2 Å². The first-order valence-corrected chi connectivity index (χ1v) is 12.1. The number of H-pyrrole nitrogens is 1. The molecule has 0 aliphatic carbocycles. The minimum atomic E-state index is -0.562. The molecule has 8 heteroatoms. The topological polar surface area (TPSA) is 84.1 Å². The first-order valence-electron chi connectivity index (χ1n) is 12.1. The SMILES string of the molecule is CCOc1ccc(C2c3[nH]c4ccccc4c3C[C@H]3C(=O)N(CCCOC)CC(=O)N23)cc1OC. The minimum absolute atomic E-state index is 0.0143. The van der Waals surface area contributed by atoms with Crippen molar-refractivity contribution in [3.63, 3.8) is 0 Å². The van der Waals surface area contributed by atoms with Gasteiger partial charge in [-0.15, -0.1) is 0 Å². The van der Waals surface area contributed by atoms with E-state index in [0.717, 1.165) is 27.7 Å². The van der Waals surface area contributed by atoms with E-state index in [1.165, 1.54) is 0 Å². The molecule has 184 valence electrons. The lowest BCUT2D eigenvalue weighted by atomic mass is 9.86. The number of aromatic amines is 1. The van der Waals surface area contributed by atoms with Gasteiger partial charge in [-0.25, -0.2) is 0 Å². The van der Waals surface area contributed by atoms with Crippen molar-refractivity contribution >= 4 is 22.7 Å². The third kappa shape index (κ3) is 4.01. The molecule has 5 rings (SSSR count). The van der Waals surface area contributed by atoms with E-state index in [9.17, 15) is 9.59 Å². The van der Waals surface area contributed by atoms with Crippen molar-refractivity contribution in [2.45, 2.75) is 31.8 Å². The van der Waals surface area contributed by atoms with Crippen LogP contribution in [0.4, 0.5) is 0 Å². The number of carbonyl (C=O) groups is 2. The summed E-state index contributed by atoms with van der Waals surface area (Å²) in [5, 5.41) is 1.09. The number of rotatable bonds is 8. The van der Waals surface area contributed by atoms with E-state index in [0.29, 0.717) is 44.1 Å². The molecule has 3 heterocycles. The van der Waals surface area contributed by atoms with Gasteiger partial charge in [-0.1, -0.05) is 24.3 Å². The maximum Gasteiger partial charge on any atom is 0.246 e. The Morgan fingerprint density at radius 3 is 2.69 bits per heavy atom. The summed E-state index contributed by atoms with van der Waals surface area (Å²) in [6.45, 7) is 3.56. The minimum Gasteiger partial charge on any atom is -0.493 e. The molecule has 3 aromatic rings. The highest BCUT2D eigenvalue weighted by molar-refractivity contribution is 5.97. The van der Waals surface area contributed by atoms with E-state index < -0.39 is 12.1 Å². The van der Waals surface area contributed by atoms with E-state index in [-0.39, 0.29) is 18.4 Å². The molecule has 0 saturated carbocycles. The molecule has 35 heavy (non-hydrogen) atoms. The second-order valence-corrected chi connectivity index (χ2v) is 8.94. The van der Waals surface area contributed by atoms with E-state index >= 15 is 0 Å². The number of fused-ring (bicyclic) bond motifs is 4. The van der Waals surface area contributed by atoms with Crippen LogP contribution in [0.25, 0.3) is 10.9 Å². The number of benzene rings is 2. The molecule has 0 radical (unpaired) electrons. The molecule has 1 N–H and O–H groups in total. The maximum absolute atomic E-state index is 13.6. The fourth-order valence-electron chi connectivity index (χ4n) is 5.39. The first kappa shape index (κ1) is 23.2. The Kier molecular flexibility index (Phi) is 6.38. The molecule has 1 aromatic heterocycles. The number of methoxy groups -OCH3 is 2. The van der Waals surface area contributed by atoms with Crippen LogP contribution in [-0.4, -0.2) is 73.2 Å². The number of piperazine rings is 1. The van der Waals surface area contributed by atoms with Crippen molar-refractivity contribution in [1.29, 1.82) is 0 Å². The van der Waals surface area contributed by atoms with Gasteiger partial charge in [-0.05, 0) is 42.7 Å². The normalized spacial score (nSPS) is 19.6. The van der Waals surface area contributed by atoms with Crippen molar-refractivity contribution in [2.75, 3.05) is 40.5 Å². The zero-order valence-corrected chi connectivity index (χ0v) is 20.4. The monoisotopic (exact) mass is 477 g/mol. The number of aromatic nitrogens is 1. The molecule has 1 fully saturated rings. The molecule has 1 unspecified atom stereocenters. The van der Waals surface area contributed by atoms with Crippen LogP contribution in [0.2, 0.25) is 0 Å². The Morgan fingerprint density at radius 1 is 1.09 bits per heavy atom. The number of nitrogens with one attached hydrogen (secondary N) is 1. The zero-order chi connectivity index (χ0) is 24.5. The van der Waals surface area contributed by atoms with Gasteiger partial charge in [-0.2, -0.15) is 0 Å². The molecule has 0 bridgehead atoms. The van der Waals surface area contributed by atoms with Gasteiger partial charge < -0.3 is 29.0 Å². The highest BCUT2D eigenvalue weighted by atomic mass is 16.5. The van der Waals surface area contributed by atoms with Crippen molar-refractivity contribution in [3.8, 4) is 11.5 Å². The number of carbonyl (C=O) groups excluding carboxylic acids is 2. The zero-order valence-electron chi connectivity index (χ0n) is 20.4. The molecule has 2 aromatic carbocycles. The van der Waals surface area contributed by atoms with Crippen LogP contribution in [0.15, 0.2) is 42.5 Å². The summed E-state index contributed by atoms with van der Waals surface area (Å²) in [5.74, 6) is 1.17. The molecular weight excluding hydrogens is 446 g/mol. The maximum atomic E-state index is 13.6. The number of para-hydroxylation sites is 1. The van der Waals surface area contributed by atoms with Gasteiger partial charge >= 0.3 is 0 Å². The summed E-state index contributed by atoms with van der Waals surface area (Å²) < 4.78 is 16.5. The summed E-state index contributed by atoms with van der Waals surface area (Å²) >= 11 is 0. The fourth-order valence-corrected chi connectivity index (χ4v) is 5.39. The number of amides is 2. The lowest BCUT2D eigenvalue weighted by molar-refractivity contribution is -0.158. The van der Waals surface area contributed by atoms with Gasteiger partial charge in [0, 0.05) is 43.3 Å². The van der Waals surface area contributed by atoms with Gasteiger partial charge in [0.25, 0.3) is 0 Å². The molecule has 1 saturated heterocycles. The van der Waals surface area contributed by atoms with Crippen LogP contribution >= 0.6 is 0 Å². The van der Waals surface area contributed by atoms with Gasteiger partial charge in [0.05, 0.1) is 26.3 Å². The smallest absolute Gasteiger partial charge is 0.246 e. The summed E-state index contributed by atoms with van der Waals surface area (Å²) in [7, 11) is 3.24. The third-order valence-electron chi connectivity index (χ3n) is 6.92. The fraction of sp³-hybridized carbons (Fsp3) is 0.407. The second-order valence-electron chi connectivity index (χ2n) is 8.94. The Bertz CT molecular complexity index is 1250. The number of hydrogen-bond donors (Lipinski definition) is 1. The number of hydrogen-bond acceptors (Lipinski definition) is 5. The molecule has 0 spiro atoms. The third-order valence-corrected chi connectivity index (χ3v) is 6.92. The van der Waals surface area contributed by atoms with Crippen molar-refractivity contribution < 1.29 is 23.8 Å². The van der Waals surface area contributed by atoms with Crippen molar-refractivity contribution in [2.24, 2.45) is 0 Å². The molecule has 2 amide bonds. The highest BCUT2D eigenvalue weighted by Gasteiger charge is 2.48. The van der Waals surface area contributed by atoms with Crippen LogP contribution < -0.4 is 9.47 Å². The predicted molar refractivity (Wildman–Crippen MR) is 132 cm³/mol. The lowest BCUT2D eigenvalue weighted by Crippen LogP contribution is -2.63. The molecular formula is C27H31N3O5. The highest BCUT2D eigenvalue weighted by Crippen LogP contribution is 2.44. The van der Waals surface area contributed by atoms with E-state index in [1.807, 2.05) is 43.3 Å². The van der Waals surface area contributed by atoms with Gasteiger partial charge in [-0.3, -0.25) is 9.59 Å². The Labute approximate surface area is 204 Å². The largest absolute Gasteiger partial charge is 0.493 e. The van der Waals surface area contributed by atoms with Gasteiger partial charge in [0.2, 0.25) is 11.8 Å². The summed E-state index contributed by atoms with van der Waals surface area (Å²) in [6.07, 6.45) is 1.18. The van der Waals surface area contributed by atoms with Crippen molar-refractivity contribution in [3.05, 3.63) is 59.3 Å². The molecule has 2 aliphatic heterocycles. The Hall–Kier alpha value is -3.52. The quantitative estimate of drug-likeness (QED) is 0.504. The lowest BCUT2D eigenvalue weighted by Gasteiger charge is -2.47. The van der Waals surface area contributed by atoms with Crippen LogP contribution in [0, 0.1) is 0 Å². The van der Waals surface area contributed by atoms with Crippen molar-refractivity contribution in [1.82, 2.24) is 14.8 Å². The predicted octanol–water partition coefficient (Wildman–Crippen LogP) is 3.30. The summed E-state index contributed by atoms with van der Waals surface area (Å²) in [6, 6.07) is 12.8. The number of nitrogens with zero attached hydrogens (tertiary/aromatic N) is 2. The first-order chi connectivity index (χ1) is 17.1.